The Morgan fingerprint density at radius 1 is 1.03 bits per heavy atom. The molecule has 0 saturated carbocycles. The van der Waals surface area contributed by atoms with Gasteiger partial charge in [-0.2, -0.15) is 0 Å². The third-order valence-corrected chi connectivity index (χ3v) is 6.28. The molecule has 0 aliphatic carbocycles. The molecule has 4 rings (SSSR count). The molecule has 0 bridgehead atoms. The number of carbonyl (C=O) groups is 1. The van der Waals surface area contributed by atoms with E-state index in [0.717, 1.165) is 60.7 Å². The Labute approximate surface area is 256 Å². The minimum atomic E-state index is -1.02. The van der Waals surface area contributed by atoms with Crippen LogP contribution < -0.4 is 9.47 Å². The predicted octanol–water partition coefficient (Wildman–Crippen LogP) is 4.66. The van der Waals surface area contributed by atoms with Crippen molar-refractivity contribution in [2.75, 3.05) is 46.1 Å². The average Bonchev–Trinajstić information content (AvgIpc) is 2.92. The van der Waals surface area contributed by atoms with Gasteiger partial charge in [0.05, 0.1) is 19.8 Å². The van der Waals surface area contributed by atoms with Crippen LogP contribution in [0, 0.1) is 18.8 Å². The van der Waals surface area contributed by atoms with Crippen molar-refractivity contribution in [3.63, 3.8) is 0 Å². The quantitative estimate of drug-likeness (QED) is 0.306. The van der Waals surface area contributed by atoms with Crippen LogP contribution in [0.25, 0.3) is 5.57 Å². The predicted molar refractivity (Wildman–Crippen MR) is 156 cm³/mol. The molecule has 0 amide bonds. The van der Waals surface area contributed by atoms with Crippen LogP contribution in [0.3, 0.4) is 0 Å². The number of morpholine rings is 1. The monoisotopic (exact) mass is 555 g/mol. The molecule has 198 valence electrons. The van der Waals surface area contributed by atoms with E-state index < -0.39 is 5.97 Å². The second-order valence-corrected chi connectivity index (χ2v) is 9.25. The number of hydrogen-bond acceptors (Lipinski definition) is 5. The molecule has 0 spiro atoms. The Morgan fingerprint density at radius 3 is 2.33 bits per heavy atom. The molecular formula is C31H31ClNNaO5. The maximum atomic E-state index is 10.8. The molecule has 39 heavy (non-hydrogen) atoms. The zero-order valence-electron chi connectivity index (χ0n) is 21.3. The first-order valence-corrected chi connectivity index (χ1v) is 12.8. The van der Waals surface area contributed by atoms with Crippen molar-refractivity contribution >= 4 is 52.7 Å². The Hall–Kier alpha value is -2.76. The van der Waals surface area contributed by atoms with E-state index in [4.69, 9.17) is 30.9 Å². The number of halogens is 1. The fourth-order valence-corrected chi connectivity index (χ4v) is 4.14. The Balaban J connectivity index is 0.00000420. The summed E-state index contributed by atoms with van der Waals surface area (Å²) in [7, 11) is 0. The van der Waals surface area contributed by atoms with Crippen molar-refractivity contribution in [3.05, 3.63) is 100 Å². The molecule has 0 atom stereocenters. The summed E-state index contributed by atoms with van der Waals surface area (Å²) in [5, 5.41) is 9.50. The van der Waals surface area contributed by atoms with Crippen molar-refractivity contribution in [2.24, 2.45) is 0 Å². The van der Waals surface area contributed by atoms with Crippen LogP contribution in [0.1, 0.15) is 22.3 Å². The van der Waals surface area contributed by atoms with Crippen LogP contribution in [-0.4, -0.2) is 91.6 Å². The number of aliphatic carboxylic acids is 1. The third kappa shape index (κ3) is 9.74. The first-order valence-electron chi connectivity index (χ1n) is 12.4. The van der Waals surface area contributed by atoms with Crippen molar-refractivity contribution in [2.45, 2.75) is 6.92 Å². The minimum absolute atomic E-state index is 0. The SMILES string of the molecule is Cc1cc(OCC=C(c2ccc(Cl)cc2)c2ccc(C#CCN3CCOCC3)cc2)ccc1OCC(=O)O.[NaH]. The molecule has 1 saturated heterocycles. The number of ether oxygens (including phenoxy) is 3. The zero-order chi connectivity index (χ0) is 26.7. The van der Waals surface area contributed by atoms with E-state index in [0.29, 0.717) is 23.1 Å². The van der Waals surface area contributed by atoms with Gasteiger partial charge in [0.25, 0.3) is 0 Å². The van der Waals surface area contributed by atoms with Gasteiger partial charge in [0.2, 0.25) is 0 Å². The number of aryl methyl sites for hydroxylation is 1. The van der Waals surface area contributed by atoms with E-state index in [9.17, 15) is 4.79 Å². The summed E-state index contributed by atoms with van der Waals surface area (Å²) in [4.78, 5) is 13.1. The number of hydrogen-bond donors (Lipinski definition) is 1. The van der Waals surface area contributed by atoms with Crippen LogP contribution in [0.4, 0.5) is 0 Å². The van der Waals surface area contributed by atoms with Gasteiger partial charge in [0, 0.05) is 23.7 Å². The molecule has 1 aliphatic heterocycles. The van der Waals surface area contributed by atoms with Crippen LogP contribution >= 0.6 is 11.6 Å². The second kappa shape index (κ2) is 15.7. The van der Waals surface area contributed by atoms with E-state index in [1.165, 1.54) is 0 Å². The molecule has 0 aromatic heterocycles. The Morgan fingerprint density at radius 2 is 1.69 bits per heavy atom. The van der Waals surface area contributed by atoms with Crippen LogP contribution in [0.15, 0.2) is 72.8 Å². The zero-order valence-corrected chi connectivity index (χ0v) is 22.0. The molecule has 3 aromatic rings. The molecule has 1 fully saturated rings. The van der Waals surface area contributed by atoms with Gasteiger partial charge < -0.3 is 19.3 Å². The van der Waals surface area contributed by atoms with Gasteiger partial charge in [0.1, 0.15) is 18.1 Å². The van der Waals surface area contributed by atoms with E-state index in [2.05, 4.69) is 28.9 Å². The first kappa shape index (κ1) is 30.8. The number of nitrogens with zero attached hydrogens (tertiary/aromatic N) is 1. The van der Waals surface area contributed by atoms with Crippen LogP contribution in [-0.2, 0) is 9.53 Å². The molecular weight excluding hydrogens is 525 g/mol. The molecule has 6 nitrogen and oxygen atoms in total. The fraction of sp³-hybridized carbons (Fsp3) is 0.258. The summed E-state index contributed by atoms with van der Waals surface area (Å²) < 4.78 is 16.7. The standard InChI is InChI=1S/C31H30ClNO5.Na.H/c1-23-21-28(12-13-30(23)38-22-31(34)35)37-18-14-29(26-8-10-27(32)11-9-26)25-6-4-24(5-7-25)3-2-15-33-16-19-36-20-17-33;;/h4-14,21H,15-20,22H2,1H3,(H,34,35);;. The summed E-state index contributed by atoms with van der Waals surface area (Å²) in [5.41, 5.74) is 4.86. The molecule has 3 aromatic carbocycles. The molecule has 1 heterocycles. The van der Waals surface area contributed by atoms with Gasteiger partial charge in [-0.05, 0) is 77.7 Å². The average molecular weight is 556 g/mol. The van der Waals surface area contributed by atoms with Crippen LogP contribution in [0.5, 0.6) is 11.5 Å². The van der Waals surface area contributed by atoms with E-state index >= 15 is 0 Å². The van der Waals surface area contributed by atoms with Crippen molar-refractivity contribution < 1.29 is 24.1 Å². The van der Waals surface area contributed by atoms with E-state index in [1.807, 2.05) is 55.5 Å². The van der Waals surface area contributed by atoms with Crippen molar-refractivity contribution in [1.29, 1.82) is 0 Å². The van der Waals surface area contributed by atoms with Gasteiger partial charge in [-0.1, -0.05) is 47.7 Å². The second-order valence-electron chi connectivity index (χ2n) is 8.81. The number of carboxylic acids is 1. The summed E-state index contributed by atoms with van der Waals surface area (Å²) >= 11 is 6.13. The summed E-state index contributed by atoms with van der Waals surface area (Å²) in [6.07, 6.45) is 2.03. The fourth-order valence-electron chi connectivity index (χ4n) is 4.01. The van der Waals surface area contributed by atoms with Gasteiger partial charge in [-0.25, -0.2) is 4.79 Å². The van der Waals surface area contributed by atoms with Gasteiger partial charge in [-0.15, -0.1) is 0 Å². The topological polar surface area (TPSA) is 68.2 Å². The maximum absolute atomic E-state index is 10.8. The van der Waals surface area contributed by atoms with Gasteiger partial charge >= 0.3 is 35.5 Å². The summed E-state index contributed by atoms with van der Waals surface area (Å²) in [5.74, 6) is 6.70. The van der Waals surface area contributed by atoms with Crippen molar-refractivity contribution in [1.82, 2.24) is 4.90 Å². The molecule has 1 aliphatic rings. The van der Waals surface area contributed by atoms with Gasteiger partial charge in [0.15, 0.2) is 6.61 Å². The number of benzene rings is 3. The normalized spacial score (nSPS) is 13.5. The first-order chi connectivity index (χ1) is 18.5. The molecule has 0 unspecified atom stereocenters. The van der Waals surface area contributed by atoms with Crippen molar-refractivity contribution in [3.8, 4) is 23.3 Å². The summed E-state index contributed by atoms with van der Waals surface area (Å²) in [6, 6.07) is 21.2. The number of rotatable bonds is 9. The molecule has 0 radical (unpaired) electrons. The third-order valence-electron chi connectivity index (χ3n) is 6.03. The molecule has 1 N–H and O–H groups in total. The van der Waals surface area contributed by atoms with E-state index in [1.54, 1.807) is 12.1 Å². The molecule has 8 heteroatoms. The van der Waals surface area contributed by atoms with E-state index in [-0.39, 0.29) is 36.2 Å². The Bertz CT molecular complexity index is 1320. The summed E-state index contributed by atoms with van der Waals surface area (Å²) in [6.45, 7) is 5.94. The Kier molecular flexibility index (Phi) is 12.4. The number of carboxylic acid groups (broad SMARTS) is 1. The van der Waals surface area contributed by atoms with Crippen LogP contribution in [0.2, 0.25) is 5.02 Å². The van der Waals surface area contributed by atoms with Gasteiger partial charge in [-0.3, -0.25) is 4.90 Å².